The number of fused-ring (bicyclic) bond motifs is 1. The Hall–Kier alpha value is -0.610. The van der Waals surface area contributed by atoms with Crippen molar-refractivity contribution >= 4 is 5.97 Å². The third-order valence-corrected chi connectivity index (χ3v) is 7.90. The number of ether oxygens (including phenoxy) is 2. The summed E-state index contributed by atoms with van der Waals surface area (Å²) in [7, 11) is 4.55. The summed E-state index contributed by atoms with van der Waals surface area (Å²) in [5.41, 5.74) is -0.356. The molecule has 0 radical (unpaired) electrons. The van der Waals surface area contributed by atoms with Crippen molar-refractivity contribution < 1.29 is 18.8 Å². The molecule has 4 nitrogen and oxygen atoms in total. The molecule has 2 aliphatic heterocycles. The molecule has 4 fully saturated rings. The number of hydrogen-bond acceptors (Lipinski definition) is 3. The van der Waals surface area contributed by atoms with Gasteiger partial charge in [-0.15, -0.1) is 0 Å². The van der Waals surface area contributed by atoms with Crippen molar-refractivity contribution in [3.05, 3.63) is 0 Å². The van der Waals surface area contributed by atoms with Crippen molar-refractivity contribution in [2.75, 3.05) is 27.2 Å². The van der Waals surface area contributed by atoms with E-state index in [0.29, 0.717) is 17.8 Å². The van der Waals surface area contributed by atoms with E-state index in [4.69, 9.17) is 9.47 Å². The minimum Gasteiger partial charge on any atom is -0.455 e. The van der Waals surface area contributed by atoms with Gasteiger partial charge in [-0.05, 0) is 44.9 Å². The van der Waals surface area contributed by atoms with E-state index >= 15 is 0 Å². The second-order valence-electron chi connectivity index (χ2n) is 10.2. The van der Waals surface area contributed by atoms with E-state index in [2.05, 4.69) is 34.9 Å². The highest BCUT2D eigenvalue weighted by Gasteiger charge is 2.77. The molecule has 4 rings (SSSR count). The third kappa shape index (κ3) is 2.58. The molecule has 0 bridgehead atoms. The van der Waals surface area contributed by atoms with E-state index in [1.807, 2.05) is 0 Å². The fraction of sp³-hybridized carbons (Fsp3) is 0.952. The molecule has 0 amide bonds. The number of esters is 1. The summed E-state index contributed by atoms with van der Waals surface area (Å²) in [5.74, 6) is 1.60. The minimum atomic E-state index is -0.322. The van der Waals surface area contributed by atoms with E-state index in [9.17, 15) is 4.79 Å². The monoisotopic (exact) mass is 350 g/mol. The zero-order valence-corrected chi connectivity index (χ0v) is 16.7. The molecule has 7 atom stereocenters. The Morgan fingerprint density at radius 3 is 2.68 bits per heavy atom. The Kier molecular flexibility index (Phi) is 4.05. The van der Waals surface area contributed by atoms with Crippen molar-refractivity contribution in [1.82, 2.24) is 0 Å². The first-order valence-corrected chi connectivity index (χ1v) is 10.5. The first-order valence-electron chi connectivity index (χ1n) is 10.5. The summed E-state index contributed by atoms with van der Waals surface area (Å²) in [4.78, 5) is 13.0. The minimum absolute atomic E-state index is 0.0342. The summed E-state index contributed by atoms with van der Waals surface area (Å²) in [5, 5.41) is 0. The van der Waals surface area contributed by atoms with Crippen molar-refractivity contribution in [2.45, 2.75) is 76.6 Å². The lowest BCUT2D eigenvalue weighted by molar-refractivity contribution is -0.893. The van der Waals surface area contributed by atoms with Crippen LogP contribution in [0.3, 0.4) is 0 Å². The molecule has 2 heterocycles. The van der Waals surface area contributed by atoms with Crippen molar-refractivity contribution in [3.63, 3.8) is 0 Å². The van der Waals surface area contributed by atoms with Gasteiger partial charge in [0.15, 0.2) is 0 Å². The Morgan fingerprint density at radius 2 is 1.96 bits per heavy atom. The molecule has 2 saturated heterocycles. The van der Waals surface area contributed by atoms with Crippen LogP contribution in [0, 0.1) is 23.7 Å². The number of nitrogens with zero attached hydrogens (tertiary/aromatic N) is 1. The van der Waals surface area contributed by atoms with Crippen LogP contribution in [-0.2, 0) is 14.3 Å². The zero-order chi connectivity index (χ0) is 18.0. The number of unbranched alkanes of at least 4 members (excludes halogenated alkanes) is 1. The summed E-state index contributed by atoms with van der Waals surface area (Å²) in [6, 6.07) is 0. The standard InChI is InChI=1S/C21H36NO3/c1-6-7-12-22(4,5)13-15-17-9-8-14(2)16-10-11-20(3)19(25-20)21(16,17)24-18(15)23/h14-17,19H,6-13H2,1-5H3/q+1/t14-,15?,16?,17?,19+,20+,21+/m0/s1. The Morgan fingerprint density at radius 1 is 1.20 bits per heavy atom. The Labute approximate surface area is 152 Å². The molecule has 1 spiro atoms. The predicted octanol–water partition coefficient (Wildman–Crippen LogP) is 3.39. The summed E-state index contributed by atoms with van der Waals surface area (Å²) < 4.78 is 13.5. The molecule has 2 saturated carbocycles. The molecule has 4 aliphatic rings. The first-order chi connectivity index (χ1) is 11.7. The average molecular weight is 351 g/mol. The van der Waals surface area contributed by atoms with Gasteiger partial charge in [-0.1, -0.05) is 20.3 Å². The Bertz CT molecular complexity index is 561. The van der Waals surface area contributed by atoms with Gasteiger partial charge >= 0.3 is 5.97 Å². The second kappa shape index (κ2) is 5.69. The highest BCUT2D eigenvalue weighted by atomic mass is 16.7. The molecule has 0 aromatic rings. The maximum atomic E-state index is 13.0. The normalized spacial score (nSPS) is 48.4. The lowest BCUT2D eigenvalue weighted by Crippen LogP contribution is -2.59. The van der Waals surface area contributed by atoms with Crippen LogP contribution in [0.15, 0.2) is 0 Å². The smallest absolute Gasteiger partial charge is 0.315 e. The zero-order valence-electron chi connectivity index (χ0n) is 16.7. The van der Waals surface area contributed by atoms with E-state index in [1.165, 1.54) is 19.3 Å². The van der Waals surface area contributed by atoms with Crippen LogP contribution in [0.2, 0.25) is 0 Å². The van der Waals surface area contributed by atoms with Gasteiger partial charge in [0.25, 0.3) is 0 Å². The van der Waals surface area contributed by atoms with Crippen LogP contribution < -0.4 is 0 Å². The highest BCUT2D eigenvalue weighted by molar-refractivity contribution is 5.77. The molecule has 2 aliphatic carbocycles. The van der Waals surface area contributed by atoms with Crippen LogP contribution >= 0.6 is 0 Å². The van der Waals surface area contributed by atoms with E-state index in [-0.39, 0.29) is 29.2 Å². The van der Waals surface area contributed by atoms with Gasteiger partial charge in [0.1, 0.15) is 17.6 Å². The largest absolute Gasteiger partial charge is 0.455 e. The fourth-order valence-electron chi connectivity index (χ4n) is 6.47. The number of quaternary nitrogens is 1. The van der Waals surface area contributed by atoms with Crippen LogP contribution in [0.4, 0.5) is 0 Å². The van der Waals surface area contributed by atoms with Gasteiger partial charge in [0.2, 0.25) is 0 Å². The van der Waals surface area contributed by atoms with Crippen molar-refractivity contribution in [2.24, 2.45) is 23.7 Å². The van der Waals surface area contributed by atoms with Gasteiger partial charge in [0.05, 0.1) is 32.8 Å². The molecule has 3 unspecified atom stereocenters. The summed E-state index contributed by atoms with van der Waals surface area (Å²) >= 11 is 0. The van der Waals surface area contributed by atoms with Crippen LogP contribution in [0.1, 0.15) is 59.3 Å². The second-order valence-corrected chi connectivity index (χ2v) is 10.2. The third-order valence-electron chi connectivity index (χ3n) is 7.90. The number of carbonyl (C=O) groups is 1. The van der Waals surface area contributed by atoms with Gasteiger partial charge in [-0.25, -0.2) is 0 Å². The van der Waals surface area contributed by atoms with Crippen molar-refractivity contribution in [1.29, 1.82) is 0 Å². The van der Waals surface area contributed by atoms with E-state index < -0.39 is 0 Å². The number of rotatable bonds is 5. The number of carbonyl (C=O) groups excluding carboxylic acids is 1. The molecule has 0 aromatic carbocycles. The highest BCUT2D eigenvalue weighted by Crippen LogP contribution is 2.66. The Balaban J connectivity index is 1.61. The van der Waals surface area contributed by atoms with Crippen LogP contribution in [0.5, 0.6) is 0 Å². The maximum Gasteiger partial charge on any atom is 0.315 e. The van der Waals surface area contributed by atoms with E-state index in [0.717, 1.165) is 36.8 Å². The number of epoxide rings is 1. The first kappa shape index (κ1) is 17.8. The molecule has 0 aromatic heterocycles. The van der Waals surface area contributed by atoms with Crippen LogP contribution in [0.25, 0.3) is 0 Å². The van der Waals surface area contributed by atoms with Crippen molar-refractivity contribution in [3.8, 4) is 0 Å². The lowest BCUT2D eigenvalue weighted by Gasteiger charge is -2.50. The van der Waals surface area contributed by atoms with Gasteiger partial charge in [-0.3, -0.25) is 4.79 Å². The topological polar surface area (TPSA) is 38.8 Å². The SMILES string of the molecule is CCCC[N+](C)(C)CC1C(=O)O[C@@]23C1CC[C@H](C)C2CC[C@@]1(C)O[C@@H]31. The van der Waals surface area contributed by atoms with Gasteiger partial charge < -0.3 is 14.0 Å². The number of hydrogen-bond donors (Lipinski definition) is 0. The molecule has 0 N–H and O–H groups in total. The molecule has 142 valence electrons. The predicted molar refractivity (Wildman–Crippen MR) is 97.0 cm³/mol. The van der Waals surface area contributed by atoms with Crippen LogP contribution in [-0.4, -0.2) is 54.9 Å². The lowest BCUT2D eigenvalue weighted by atomic mass is 9.55. The quantitative estimate of drug-likeness (QED) is 0.433. The molecular formula is C21H36NO3+. The fourth-order valence-corrected chi connectivity index (χ4v) is 6.47. The maximum absolute atomic E-state index is 13.0. The molecule has 25 heavy (non-hydrogen) atoms. The molecule has 4 heteroatoms. The van der Waals surface area contributed by atoms with Gasteiger partial charge in [0, 0.05) is 11.8 Å². The van der Waals surface area contributed by atoms with Gasteiger partial charge in [-0.2, -0.15) is 0 Å². The molecular weight excluding hydrogens is 314 g/mol. The van der Waals surface area contributed by atoms with E-state index in [1.54, 1.807) is 0 Å². The summed E-state index contributed by atoms with van der Waals surface area (Å²) in [6.07, 6.45) is 7.20. The average Bonchev–Trinajstić information content (AvgIpc) is 3.17. The summed E-state index contributed by atoms with van der Waals surface area (Å²) in [6.45, 7) is 8.87.